The Kier molecular flexibility index (Phi) is 10.6. The van der Waals surface area contributed by atoms with Crippen molar-refractivity contribution in [3.63, 3.8) is 0 Å². The highest BCUT2D eigenvalue weighted by Gasteiger charge is 2.36. The van der Waals surface area contributed by atoms with E-state index in [1.54, 1.807) is 24.3 Å². The maximum absolute atomic E-state index is 12.6. The zero-order chi connectivity index (χ0) is 29.6. The summed E-state index contributed by atoms with van der Waals surface area (Å²) in [7, 11) is -3.36. The molecule has 0 amide bonds. The molecule has 0 fully saturated rings. The van der Waals surface area contributed by atoms with Crippen molar-refractivity contribution in [2.24, 2.45) is 0 Å². The highest BCUT2D eigenvalue weighted by atomic mass is 32.2. The molecule has 20 heteroatoms. The van der Waals surface area contributed by atoms with Crippen LogP contribution < -0.4 is 10.5 Å². The van der Waals surface area contributed by atoms with E-state index in [0.717, 1.165) is 4.90 Å². The minimum Gasteiger partial charge on any atom is -0.497 e. The van der Waals surface area contributed by atoms with Crippen molar-refractivity contribution >= 4 is 36.5 Å². The van der Waals surface area contributed by atoms with Gasteiger partial charge in [0.25, 0.3) is 0 Å². The topological polar surface area (TPSA) is 142 Å². The van der Waals surface area contributed by atoms with E-state index < -0.39 is 45.6 Å². The number of benzene rings is 1. The molecule has 3 aromatic rings. The van der Waals surface area contributed by atoms with Crippen molar-refractivity contribution in [1.82, 2.24) is 19.5 Å². The number of aromatic nitrogens is 4. The fourth-order valence-electron chi connectivity index (χ4n) is 2.85. The molecule has 0 bridgehead atoms. The molecule has 0 saturated carbocycles. The molecular formula is C20H22F6N5O7PS. The molecule has 0 aliphatic carbocycles. The normalized spacial score (nSPS) is 13.6. The molecule has 0 aliphatic heterocycles. The highest BCUT2D eigenvalue weighted by molar-refractivity contribution is 7.99. The zero-order valence-corrected chi connectivity index (χ0v) is 22.4. The molecule has 3 rings (SSSR count). The largest absolute Gasteiger partial charge is 0.497 e. The van der Waals surface area contributed by atoms with E-state index in [9.17, 15) is 30.9 Å². The van der Waals surface area contributed by atoms with E-state index in [4.69, 9.17) is 15.2 Å². The molecular weight excluding hydrogens is 599 g/mol. The summed E-state index contributed by atoms with van der Waals surface area (Å²) >= 11 is 1.26. The van der Waals surface area contributed by atoms with Crippen LogP contribution in [0.1, 0.15) is 6.92 Å². The Labute approximate surface area is 226 Å². The van der Waals surface area contributed by atoms with Gasteiger partial charge in [-0.1, -0.05) is 11.8 Å². The van der Waals surface area contributed by atoms with Gasteiger partial charge >= 0.3 is 19.9 Å². The summed E-state index contributed by atoms with van der Waals surface area (Å²) in [6.45, 7) is -2.60. The SMILES string of the molecule is COc1ccc(Sc2nc(N)nc3c2ncn3CC(C)OCP(=O)(OOCC(F)(F)F)OOCC(F)(F)F)cc1. The number of alkyl halides is 6. The Morgan fingerprint density at radius 2 is 1.62 bits per heavy atom. The van der Waals surface area contributed by atoms with Crippen molar-refractivity contribution in [3.05, 3.63) is 30.6 Å². The number of nitrogens with two attached hydrogens (primary N) is 1. The van der Waals surface area contributed by atoms with Crippen molar-refractivity contribution < 1.29 is 59.5 Å². The Balaban J connectivity index is 1.68. The molecule has 1 unspecified atom stereocenters. The molecule has 222 valence electrons. The predicted octanol–water partition coefficient (Wildman–Crippen LogP) is 5.15. The fourth-order valence-corrected chi connectivity index (χ4v) is 4.70. The maximum atomic E-state index is 12.6. The fraction of sp³-hybridized carbons (Fsp3) is 0.450. The molecule has 0 saturated heterocycles. The van der Waals surface area contributed by atoms with Gasteiger partial charge in [-0.3, -0.25) is 4.57 Å². The second kappa shape index (κ2) is 13.3. The summed E-state index contributed by atoms with van der Waals surface area (Å²) in [4.78, 5) is 21.2. The van der Waals surface area contributed by atoms with Crippen LogP contribution >= 0.6 is 19.4 Å². The van der Waals surface area contributed by atoms with Crippen LogP contribution in [0.2, 0.25) is 0 Å². The smallest absolute Gasteiger partial charge is 0.414 e. The van der Waals surface area contributed by atoms with Crippen LogP contribution in [0, 0.1) is 0 Å². The summed E-state index contributed by atoms with van der Waals surface area (Å²) in [5, 5.41) is 0.440. The third-order valence-electron chi connectivity index (χ3n) is 4.47. The predicted molar refractivity (Wildman–Crippen MR) is 126 cm³/mol. The number of hydrogen-bond acceptors (Lipinski definition) is 12. The van der Waals surface area contributed by atoms with Crippen molar-refractivity contribution in [2.45, 2.75) is 41.8 Å². The third kappa shape index (κ3) is 10.1. The van der Waals surface area contributed by atoms with Gasteiger partial charge in [-0.15, -0.1) is 9.35 Å². The number of imidazole rings is 1. The van der Waals surface area contributed by atoms with Gasteiger partial charge in [-0.25, -0.2) is 19.7 Å². The first-order valence-corrected chi connectivity index (χ1v) is 13.5. The third-order valence-corrected chi connectivity index (χ3v) is 6.59. The lowest BCUT2D eigenvalue weighted by atomic mass is 10.3. The number of hydrogen-bond donors (Lipinski definition) is 1. The van der Waals surface area contributed by atoms with Crippen LogP contribution in [-0.2, 0) is 35.0 Å². The summed E-state index contributed by atoms with van der Waals surface area (Å²) in [5.41, 5.74) is 6.56. The number of nitrogens with zero attached hydrogens (tertiary/aromatic N) is 4. The van der Waals surface area contributed by atoms with Crippen LogP contribution in [0.25, 0.3) is 11.2 Å². The first-order chi connectivity index (χ1) is 18.7. The summed E-state index contributed by atoms with van der Waals surface area (Å²) < 4.78 is 107. The van der Waals surface area contributed by atoms with E-state index in [1.165, 1.54) is 36.7 Å². The van der Waals surface area contributed by atoms with Gasteiger partial charge in [0, 0.05) is 4.90 Å². The number of anilines is 1. The van der Waals surface area contributed by atoms with E-state index in [0.29, 0.717) is 21.9 Å². The molecule has 12 nitrogen and oxygen atoms in total. The lowest BCUT2D eigenvalue weighted by Gasteiger charge is -2.20. The Morgan fingerprint density at radius 1 is 1.02 bits per heavy atom. The van der Waals surface area contributed by atoms with Gasteiger partial charge in [0.05, 0.1) is 26.1 Å². The molecule has 1 atom stereocenters. The Hall–Kier alpha value is -2.67. The number of rotatable bonds is 14. The number of methoxy groups -OCH3 is 1. The van der Waals surface area contributed by atoms with E-state index >= 15 is 0 Å². The van der Waals surface area contributed by atoms with E-state index in [2.05, 4.69) is 34.1 Å². The van der Waals surface area contributed by atoms with Gasteiger partial charge in [0.15, 0.2) is 25.2 Å². The molecule has 1 aromatic carbocycles. The standard InChI is InChI=1S/C20H22F6N5O7PS/c1-12(34-11-39(32,37-35-8-19(21,22)23)38-36-9-20(24,25)26)7-31-10-28-15-16(31)29-18(27)30-17(15)40-14-5-3-13(33-2)4-6-14/h3-6,10,12H,7-9,11H2,1-2H3,(H2,27,29,30). The molecule has 0 spiro atoms. The van der Waals surface area contributed by atoms with Crippen molar-refractivity contribution in [2.75, 3.05) is 32.4 Å². The van der Waals surface area contributed by atoms with Crippen molar-refractivity contribution in [3.8, 4) is 5.75 Å². The van der Waals surface area contributed by atoms with E-state index in [-0.39, 0.29) is 12.5 Å². The van der Waals surface area contributed by atoms with Crippen LogP contribution in [0.5, 0.6) is 5.75 Å². The summed E-state index contributed by atoms with van der Waals surface area (Å²) in [5.74, 6) is 0.600. The van der Waals surface area contributed by atoms with Gasteiger partial charge in [0.1, 0.15) is 16.3 Å². The average molecular weight is 621 g/mol. The van der Waals surface area contributed by atoms with Gasteiger partial charge < -0.3 is 19.8 Å². The lowest BCUT2D eigenvalue weighted by Crippen LogP contribution is -2.21. The zero-order valence-electron chi connectivity index (χ0n) is 20.6. The van der Waals surface area contributed by atoms with Crippen LogP contribution in [0.4, 0.5) is 32.3 Å². The average Bonchev–Trinajstić information content (AvgIpc) is 3.24. The molecule has 2 N–H and O–H groups in total. The van der Waals surface area contributed by atoms with Crippen molar-refractivity contribution in [1.29, 1.82) is 0 Å². The van der Waals surface area contributed by atoms with Gasteiger partial charge in [0.2, 0.25) is 5.95 Å². The first kappa shape index (κ1) is 31.9. The first-order valence-electron chi connectivity index (χ1n) is 10.9. The number of halogens is 6. The molecule has 0 aliphatic rings. The number of ether oxygens (including phenoxy) is 2. The maximum Gasteiger partial charge on any atom is 0.414 e. The second-order valence-corrected chi connectivity index (χ2v) is 10.7. The second-order valence-electron chi connectivity index (χ2n) is 7.85. The highest BCUT2D eigenvalue weighted by Crippen LogP contribution is 2.49. The Morgan fingerprint density at radius 3 is 2.17 bits per heavy atom. The molecule has 0 radical (unpaired) electrons. The summed E-state index contributed by atoms with van der Waals surface area (Å²) in [6.07, 6.45) is -10.4. The van der Waals surface area contributed by atoms with Crippen LogP contribution in [0.3, 0.4) is 0 Å². The van der Waals surface area contributed by atoms with Gasteiger partial charge in [-0.2, -0.15) is 31.3 Å². The van der Waals surface area contributed by atoms with Gasteiger partial charge in [-0.05, 0) is 31.2 Å². The number of nitrogen functional groups attached to an aromatic ring is 1. The molecule has 2 heterocycles. The van der Waals surface area contributed by atoms with Crippen LogP contribution in [0.15, 0.2) is 40.5 Å². The van der Waals surface area contributed by atoms with E-state index in [1.807, 2.05) is 0 Å². The molecule has 2 aromatic heterocycles. The summed E-state index contributed by atoms with van der Waals surface area (Å²) in [6, 6.07) is 7.13. The monoisotopic (exact) mass is 621 g/mol. The van der Waals surface area contributed by atoms with Crippen LogP contribution in [-0.4, -0.2) is 64.6 Å². The molecule has 40 heavy (non-hydrogen) atoms. The minimum atomic E-state index is -4.89. The lowest BCUT2D eigenvalue weighted by molar-refractivity contribution is -0.323. The minimum absolute atomic E-state index is 0.0214. The number of fused-ring (bicyclic) bond motifs is 1. The quantitative estimate of drug-likeness (QED) is 0.0837. The Bertz CT molecular complexity index is 1290.